The fraction of sp³-hybridized carbons (Fsp3) is 0.625. The molecule has 0 spiro atoms. The van der Waals surface area contributed by atoms with Crippen LogP contribution in [0.3, 0.4) is 0 Å². The van der Waals surface area contributed by atoms with E-state index in [1.54, 1.807) is 0 Å². The summed E-state index contributed by atoms with van der Waals surface area (Å²) < 4.78 is 0.239. The van der Waals surface area contributed by atoms with E-state index in [0.717, 1.165) is 43.1 Å². The third-order valence-corrected chi connectivity index (χ3v) is 5.42. The molecule has 1 aliphatic heterocycles. The Bertz CT molecular complexity index is 560. The van der Waals surface area contributed by atoms with Gasteiger partial charge in [0.2, 0.25) is 0 Å². The molecule has 20 heavy (non-hydrogen) atoms. The topological polar surface area (TPSA) is 39.9 Å². The molecule has 1 aliphatic carbocycles. The molecule has 0 radical (unpaired) electrons. The van der Waals surface area contributed by atoms with Gasteiger partial charge in [-0.15, -0.1) is 0 Å². The summed E-state index contributed by atoms with van der Waals surface area (Å²) >= 11 is 2.01. The second kappa shape index (κ2) is 5.29. The normalized spacial score (nSPS) is 21.1. The molecule has 0 amide bonds. The minimum atomic E-state index is 0.239. The van der Waals surface area contributed by atoms with E-state index in [0.29, 0.717) is 0 Å². The lowest BCUT2D eigenvalue weighted by atomic mass is 9.94. The Morgan fingerprint density at radius 2 is 2.15 bits per heavy atom. The maximum absolute atomic E-state index is 9.46. The Kier molecular flexibility index (Phi) is 3.64. The Balaban J connectivity index is 1.98. The largest absolute Gasteiger partial charge is 0.353 e. The molecule has 4 heteroatoms. The van der Waals surface area contributed by atoms with Gasteiger partial charge in [-0.25, -0.2) is 4.98 Å². The van der Waals surface area contributed by atoms with Gasteiger partial charge in [-0.1, -0.05) is 0 Å². The summed E-state index contributed by atoms with van der Waals surface area (Å²) in [6.07, 6.45) is 4.61. The summed E-state index contributed by atoms with van der Waals surface area (Å²) in [7, 11) is 0. The van der Waals surface area contributed by atoms with E-state index in [9.17, 15) is 5.26 Å². The van der Waals surface area contributed by atoms with E-state index in [1.807, 2.05) is 11.8 Å². The van der Waals surface area contributed by atoms with E-state index in [-0.39, 0.29) is 4.75 Å². The minimum absolute atomic E-state index is 0.239. The quantitative estimate of drug-likeness (QED) is 0.795. The van der Waals surface area contributed by atoms with Crippen LogP contribution in [0, 0.1) is 11.3 Å². The number of aromatic nitrogens is 1. The van der Waals surface area contributed by atoms with Crippen LogP contribution in [0.2, 0.25) is 0 Å². The molecule has 1 saturated heterocycles. The first kappa shape index (κ1) is 13.8. The minimum Gasteiger partial charge on any atom is -0.353 e. The maximum Gasteiger partial charge on any atom is 0.146 e. The Labute approximate surface area is 125 Å². The third kappa shape index (κ3) is 2.64. The fourth-order valence-electron chi connectivity index (χ4n) is 3.14. The first-order valence-corrected chi connectivity index (χ1v) is 8.39. The SMILES string of the molecule is CC1(C)CN(c2nc3c(cc2C#N)CCCC3)CCS1. The van der Waals surface area contributed by atoms with Crippen molar-refractivity contribution in [2.75, 3.05) is 23.7 Å². The number of hydrogen-bond donors (Lipinski definition) is 0. The molecule has 3 nitrogen and oxygen atoms in total. The van der Waals surface area contributed by atoms with Crippen molar-refractivity contribution in [2.45, 2.75) is 44.3 Å². The van der Waals surface area contributed by atoms with Gasteiger partial charge in [0.25, 0.3) is 0 Å². The molecule has 0 N–H and O–H groups in total. The molecular weight excluding hydrogens is 266 g/mol. The predicted molar refractivity (Wildman–Crippen MR) is 84.3 cm³/mol. The van der Waals surface area contributed by atoms with E-state index in [4.69, 9.17) is 4.98 Å². The van der Waals surface area contributed by atoms with Gasteiger partial charge in [0, 0.05) is 29.3 Å². The lowest BCUT2D eigenvalue weighted by Gasteiger charge is -2.38. The highest BCUT2D eigenvalue weighted by molar-refractivity contribution is 8.00. The molecule has 0 aromatic carbocycles. The van der Waals surface area contributed by atoms with Crippen LogP contribution in [-0.4, -0.2) is 28.6 Å². The highest BCUT2D eigenvalue weighted by atomic mass is 32.2. The molecule has 2 heterocycles. The number of rotatable bonds is 1. The molecule has 1 aromatic heterocycles. The zero-order valence-electron chi connectivity index (χ0n) is 12.3. The van der Waals surface area contributed by atoms with Gasteiger partial charge in [0.1, 0.15) is 11.9 Å². The number of aryl methyl sites for hydroxylation is 2. The first-order chi connectivity index (χ1) is 9.59. The van der Waals surface area contributed by atoms with Crippen molar-refractivity contribution in [3.05, 3.63) is 22.9 Å². The van der Waals surface area contributed by atoms with Crippen molar-refractivity contribution >= 4 is 17.6 Å². The molecule has 0 unspecified atom stereocenters. The fourth-order valence-corrected chi connectivity index (χ4v) is 4.25. The molecule has 0 saturated carbocycles. The average molecular weight is 287 g/mol. The van der Waals surface area contributed by atoms with Crippen molar-refractivity contribution in [1.82, 2.24) is 4.98 Å². The van der Waals surface area contributed by atoms with Gasteiger partial charge < -0.3 is 4.90 Å². The maximum atomic E-state index is 9.46. The van der Waals surface area contributed by atoms with Gasteiger partial charge in [0.05, 0.1) is 5.56 Å². The monoisotopic (exact) mass is 287 g/mol. The van der Waals surface area contributed by atoms with Crippen molar-refractivity contribution < 1.29 is 0 Å². The molecule has 3 rings (SSSR count). The highest BCUT2D eigenvalue weighted by Crippen LogP contribution is 2.34. The van der Waals surface area contributed by atoms with Crippen LogP contribution in [0.1, 0.15) is 43.5 Å². The van der Waals surface area contributed by atoms with Crippen molar-refractivity contribution in [3.8, 4) is 6.07 Å². The molecule has 0 atom stereocenters. The van der Waals surface area contributed by atoms with Crippen LogP contribution >= 0.6 is 11.8 Å². The van der Waals surface area contributed by atoms with Crippen molar-refractivity contribution in [1.29, 1.82) is 5.26 Å². The summed E-state index contributed by atoms with van der Waals surface area (Å²) in [5, 5.41) is 9.46. The summed E-state index contributed by atoms with van der Waals surface area (Å²) in [4.78, 5) is 7.18. The summed E-state index contributed by atoms with van der Waals surface area (Å²) in [5.74, 6) is 2.03. The van der Waals surface area contributed by atoms with Crippen molar-refractivity contribution in [3.63, 3.8) is 0 Å². The Morgan fingerprint density at radius 3 is 2.90 bits per heavy atom. The summed E-state index contributed by atoms with van der Waals surface area (Å²) in [6, 6.07) is 4.45. The molecule has 106 valence electrons. The number of hydrogen-bond acceptors (Lipinski definition) is 4. The van der Waals surface area contributed by atoms with Crippen LogP contribution in [0.15, 0.2) is 6.07 Å². The Hall–Kier alpha value is -1.21. The zero-order chi connectivity index (χ0) is 14.2. The lowest BCUT2D eigenvalue weighted by molar-refractivity contribution is 0.631. The molecule has 1 fully saturated rings. The number of fused-ring (bicyclic) bond motifs is 1. The van der Waals surface area contributed by atoms with Gasteiger partial charge in [0.15, 0.2) is 0 Å². The van der Waals surface area contributed by atoms with Crippen LogP contribution in [-0.2, 0) is 12.8 Å². The third-order valence-electron chi connectivity index (χ3n) is 4.13. The van der Waals surface area contributed by atoms with Crippen LogP contribution in [0.5, 0.6) is 0 Å². The summed E-state index contributed by atoms with van der Waals surface area (Å²) in [6.45, 7) is 6.51. The van der Waals surface area contributed by atoms with Gasteiger partial charge in [-0.05, 0) is 51.2 Å². The molecular formula is C16H21N3S. The second-order valence-corrected chi connectivity index (χ2v) is 8.12. The van der Waals surface area contributed by atoms with Gasteiger partial charge in [-0.2, -0.15) is 17.0 Å². The predicted octanol–water partition coefficient (Wildman–Crippen LogP) is 3.16. The van der Waals surface area contributed by atoms with Crippen LogP contribution in [0.25, 0.3) is 0 Å². The van der Waals surface area contributed by atoms with E-state index in [1.165, 1.54) is 24.1 Å². The number of thioether (sulfide) groups is 1. The first-order valence-electron chi connectivity index (χ1n) is 7.41. The van der Waals surface area contributed by atoms with Gasteiger partial charge >= 0.3 is 0 Å². The van der Waals surface area contributed by atoms with E-state index < -0.39 is 0 Å². The number of pyridine rings is 1. The average Bonchev–Trinajstić information content (AvgIpc) is 2.44. The highest BCUT2D eigenvalue weighted by Gasteiger charge is 2.29. The lowest BCUT2D eigenvalue weighted by Crippen LogP contribution is -2.44. The molecule has 2 aliphatic rings. The number of anilines is 1. The second-order valence-electron chi connectivity index (χ2n) is 6.31. The number of nitriles is 1. The van der Waals surface area contributed by atoms with Crippen LogP contribution in [0.4, 0.5) is 5.82 Å². The Morgan fingerprint density at radius 1 is 1.35 bits per heavy atom. The van der Waals surface area contributed by atoms with Crippen molar-refractivity contribution in [2.24, 2.45) is 0 Å². The van der Waals surface area contributed by atoms with Gasteiger partial charge in [-0.3, -0.25) is 0 Å². The smallest absolute Gasteiger partial charge is 0.146 e. The zero-order valence-corrected chi connectivity index (χ0v) is 13.1. The van der Waals surface area contributed by atoms with Crippen LogP contribution < -0.4 is 4.90 Å². The number of nitrogens with zero attached hydrogens (tertiary/aromatic N) is 3. The molecule has 0 bridgehead atoms. The van der Waals surface area contributed by atoms with E-state index >= 15 is 0 Å². The summed E-state index contributed by atoms with van der Waals surface area (Å²) in [5.41, 5.74) is 3.27. The van der Waals surface area contributed by atoms with E-state index in [2.05, 4.69) is 30.9 Å². The standard InChI is InChI=1S/C16H21N3S/c1-16(2)11-19(7-8-20-16)15-13(10-17)9-12-5-3-4-6-14(12)18-15/h9H,3-8,11H2,1-2H3. The molecule has 1 aromatic rings.